The molecule has 0 heterocycles. The second-order valence-corrected chi connectivity index (χ2v) is 6.01. The maximum atomic E-state index is 12.2. The molecule has 4 heteroatoms. The van der Waals surface area contributed by atoms with Gasteiger partial charge in [-0.25, -0.2) is 4.79 Å². The second kappa shape index (κ2) is 6.42. The Morgan fingerprint density at radius 2 is 1.74 bits per heavy atom. The van der Waals surface area contributed by atoms with Crippen molar-refractivity contribution >= 4 is 32.7 Å². The molecule has 116 valence electrons. The SMILES string of the molecule is CCOC(=O)c1cc(-c2ccc(Br)cc2)c2ccccc2c1O. The molecule has 0 aromatic heterocycles. The Morgan fingerprint density at radius 3 is 2.39 bits per heavy atom. The van der Waals surface area contributed by atoms with E-state index in [2.05, 4.69) is 15.9 Å². The molecular weight excluding hydrogens is 356 g/mol. The maximum absolute atomic E-state index is 12.2. The van der Waals surface area contributed by atoms with Gasteiger partial charge in [-0.1, -0.05) is 52.3 Å². The fourth-order valence-electron chi connectivity index (χ4n) is 2.59. The average Bonchev–Trinajstić information content (AvgIpc) is 2.57. The highest BCUT2D eigenvalue weighted by Crippen LogP contribution is 2.37. The number of benzene rings is 3. The van der Waals surface area contributed by atoms with Gasteiger partial charge < -0.3 is 9.84 Å². The predicted molar refractivity (Wildman–Crippen MR) is 94.7 cm³/mol. The van der Waals surface area contributed by atoms with Gasteiger partial charge in [-0.3, -0.25) is 0 Å². The highest BCUT2D eigenvalue weighted by Gasteiger charge is 2.18. The Labute approximate surface area is 142 Å². The second-order valence-electron chi connectivity index (χ2n) is 5.09. The molecule has 0 saturated carbocycles. The van der Waals surface area contributed by atoms with Gasteiger partial charge in [-0.2, -0.15) is 0 Å². The molecule has 23 heavy (non-hydrogen) atoms. The first-order chi connectivity index (χ1) is 11.1. The number of ether oxygens (including phenoxy) is 1. The minimum absolute atomic E-state index is 0.0417. The standard InChI is InChI=1S/C19H15BrO3/c1-2-23-19(22)17-11-16(12-7-9-13(20)10-8-12)14-5-3-4-6-15(14)18(17)21/h3-11,21H,2H2,1H3. The number of aromatic hydroxyl groups is 1. The predicted octanol–water partition coefficient (Wildman–Crippen LogP) is 5.15. The number of fused-ring (bicyclic) bond motifs is 1. The van der Waals surface area contributed by atoms with E-state index in [1.54, 1.807) is 19.1 Å². The van der Waals surface area contributed by atoms with Crippen molar-refractivity contribution in [2.45, 2.75) is 6.92 Å². The summed E-state index contributed by atoms with van der Waals surface area (Å²) in [5, 5.41) is 12.0. The molecular formula is C19H15BrO3. The van der Waals surface area contributed by atoms with Crippen LogP contribution in [0.2, 0.25) is 0 Å². The van der Waals surface area contributed by atoms with E-state index >= 15 is 0 Å². The van der Waals surface area contributed by atoms with Gasteiger partial charge in [0.15, 0.2) is 0 Å². The number of halogens is 1. The van der Waals surface area contributed by atoms with E-state index in [0.717, 1.165) is 21.0 Å². The summed E-state index contributed by atoms with van der Waals surface area (Å²) in [5.41, 5.74) is 2.03. The van der Waals surface area contributed by atoms with Crippen molar-refractivity contribution in [1.82, 2.24) is 0 Å². The van der Waals surface area contributed by atoms with Crippen molar-refractivity contribution in [1.29, 1.82) is 0 Å². The summed E-state index contributed by atoms with van der Waals surface area (Å²) in [5.74, 6) is -0.561. The van der Waals surface area contributed by atoms with Gasteiger partial charge in [0.05, 0.1) is 6.61 Å². The molecule has 0 amide bonds. The van der Waals surface area contributed by atoms with Crippen LogP contribution in [0.15, 0.2) is 59.1 Å². The molecule has 0 radical (unpaired) electrons. The lowest BCUT2D eigenvalue weighted by atomic mass is 9.94. The molecule has 0 saturated heterocycles. The Balaban J connectivity index is 2.29. The summed E-state index contributed by atoms with van der Waals surface area (Å²) in [6.07, 6.45) is 0. The van der Waals surface area contributed by atoms with E-state index < -0.39 is 5.97 Å². The van der Waals surface area contributed by atoms with Crippen LogP contribution >= 0.6 is 15.9 Å². The first kappa shape index (κ1) is 15.6. The molecule has 3 nitrogen and oxygen atoms in total. The number of hydrogen-bond donors (Lipinski definition) is 1. The van der Waals surface area contributed by atoms with Crippen LogP contribution in [0.5, 0.6) is 5.75 Å². The van der Waals surface area contributed by atoms with Crippen LogP contribution in [-0.2, 0) is 4.74 Å². The molecule has 0 spiro atoms. The lowest BCUT2D eigenvalue weighted by Crippen LogP contribution is -2.05. The van der Waals surface area contributed by atoms with Crippen molar-refractivity contribution < 1.29 is 14.6 Å². The van der Waals surface area contributed by atoms with E-state index in [1.807, 2.05) is 42.5 Å². The number of phenolic OH excluding ortho intramolecular Hbond substituents is 1. The van der Waals surface area contributed by atoms with Gasteiger partial charge in [0, 0.05) is 9.86 Å². The van der Waals surface area contributed by atoms with Gasteiger partial charge in [0.1, 0.15) is 11.3 Å². The van der Waals surface area contributed by atoms with Crippen LogP contribution in [0.3, 0.4) is 0 Å². The van der Waals surface area contributed by atoms with Crippen LogP contribution in [-0.4, -0.2) is 17.7 Å². The number of esters is 1. The summed E-state index contributed by atoms with van der Waals surface area (Å²) in [4.78, 5) is 12.2. The van der Waals surface area contributed by atoms with Crippen LogP contribution in [0.4, 0.5) is 0 Å². The summed E-state index contributed by atoms with van der Waals surface area (Å²) < 4.78 is 6.04. The lowest BCUT2D eigenvalue weighted by Gasteiger charge is -2.13. The van der Waals surface area contributed by atoms with Gasteiger partial charge in [0.2, 0.25) is 0 Å². The first-order valence-electron chi connectivity index (χ1n) is 7.29. The normalized spacial score (nSPS) is 10.7. The summed E-state index contributed by atoms with van der Waals surface area (Å²) >= 11 is 3.42. The average molecular weight is 371 g/mol. The van der Waals surface area contributed by atoms with Crippen molar-refractivity contribution in [2.24, 2.45) is 0 Å². The van der Waals surface area contributed by atoms with E-state index in [9.17, 15) is 9.90 Å². The van der Waals surface area contributed by atoms with E-state index in [1.165, 1.54) is 0 Å². The Bertz CT molecular complexity index is 870. The molecule has 0 aliphatic carbocycles. The summed E-state index contributed by atoms with van der Waals surface area (Å²) in [6, 6.07) is 17.0. The zero-order valence-corrected chi connectivity index (χ0v) is 14.1. The van der Waals surface area contributed by atoms with Crippen molar-refractivity contribution in [3.8, 4) is 16.9 Å². The smallest absolute Gasteiger partial charge is 0.341 e. The third kappa shape index (κ3) is 2.94. The van der Waals surface area contributed by atoms with Gasteiger partial charge in [0.25, 0.3) is 0 Å². The zero-order valence-electron chi connectivity index (χ0n) is 12.5. The highest BCUT2D eigenvalue weighted by atomic mass is 79.9. The van der Waals surface area contributed by atoms with Crippen LogP contribution in [0.1, 0.15) is 17.3 Å². The molecule has 0 bridgehead atoms. The van der Waals surface area contributed by atoms with Crippen molar-refractivity contribution in [3.05, 3.63) is 64.6 Å². The quantitative estimate of drug-likeness (QED) is 0.648. The monoisotopic (exact) mass is 370 g/mol. The summed E-state index contributed by atoms with van der Waals surface area (Å²) in [6.45, 7) is 2.00. The Hall–Kier alpha value is -2.33. The third-order valence-electron chi connectivity index (χ3n) is 3.67. The molecule has 0 fully saturated rings. The lowest BCUT2D eigenvalue weighted by molar-refractivity contribution is 0.0523. The fraction of sp³-hybridized carbons (Fsp3) is 0.105. The minimum atomic E-state index is -0.519. The topological polar surface area (TPSA) is 46.5 Å². The molecule has 3 aromatic carbocycles. The Morgan fingerprint density at radius 1 is 1.09 bits per heavy atom. The van der Waals surface area contributed by atoms with Gasteiger partial charge >= 0.3 is 5.97 Å². The van der Waals surface area contributed by atoms with Crippen LogP contribution in [0.25, 0.3) is 21.9 Å². The van der Waals surface area contributed by atoms with Gasteiger partial charge in [-0.05, 0) is 41.6 Å². The molecule has 1 N–H and O–H groups in total. The van der Waals surface area contributed by atoms with E-state index in [4.69, 9.17) is 4.74 Å². The molecule has 0 aliphatic rings. The Kier molecular flexibility index (Phi) is 4.35. The molecule has 0 unspecified atom stereocenters. The maximum Gasteiger partial charge on any atom is 0.341 e. The van der Waals surface area contributed by atoms with Crippen molar-refractivity contribution in [3.63, 3.8) is 0 Å². The zero-order chi connectivity index (χ0) is 16.4. The van der Waals surface area contributed by atoms with Gasteiger partial charge in [-0.15, -0.1) is 0 Å². The molecule has 3 aromatic rings. The van der Waals surface area contributed by atoms with Crippen LogP contribution < -0.4 is 0 Å². The largest absolute Gasteiger partial charge is 0.506 e. The third-order valence-corrected chi connectivity index (χ3v) is 4.20. The number of hydrogen-bond acceptors (Lipinski definition) is 3. The van der Waals surface area contributed by atoms with E-state index in [0.29, 0.717) is 5.39 Å². The highest BCUT2D eigenvalue weighted by molar-refractivity contribution is 9.10. The minimum Gasteiger partial charge on any atom is -0.506 e. The van der Waals surface area contributed by atoms with Crippen molar-refractivity contribution in [2.75, 3.05) is 6.61 Å². The number of carbonyl (C=O) groups is 1. The first-order valence-corrected chi connectivity index (χ1v) is 8.09. The molecule has 0 atom stereocenters. The fourth-order valence-corrected chi connectivity index (χ4v) is 2.86. The number of phenols is 1. The number of carbonyl (C=O) groups excluding carboxylic acids is 1. The van der Waals surface area contributed by atoms with E-state index in [-0.39, 0.29) is 17.9 Å². The summed E-state index contributed by atoms with van der Waals surface area (Å²) in [7, 11) is 0. The van der Waals surface area contributed by atoms with Crippen LogP contribution in [0, 0.1) is 0 Å². The number of rotatable bonds is 3. The molecule has 3 rings (SSSR count). The molecule has 0 aliphatic heterocycles.